The third-order valence-corrected chi connectivity index (χ3v) is 7.87. The maximum atomic E-state index is 6.24. The van der Waals surface area contributed by atoms with Crippen LogP contribution in [0.1, 0.15) is 35.6 Å². The third kappa shape index (κ3) is 4.76. The number of para-hydroxylation sites is 1. The van der Waals surface area contributed by atoms with E-state index in [2.05, 4.69) is 83.9 Å². The van der Waals surface area contributed by atoms with Crippen molar-refractivity contribution in [1.29, 1.82) is 0 Å². The summed E-state index contributed by atoms with van der Waals surface area (Å²) in [6.45, 7) is 11.3. The van der Waals surface area contributed by atoms with Gasteiger partial charge in [-0.05, 0) is 37.1 Å². The van der Waals surface area contributed by atoms with Crippen molar-refractivity contribution in [1.82, 2.24) is 24.4 Å². The molecule has 8 nitrogen and oxygen atoms in total. The van der Waals surface area contributed by atoms with Gasteiger partial charge >= 0.3 is 0 Å². The van der Waals surface area contributed by atoms with Crippen LogP contribution in [-0.4, -0.2) is 57.1 Å². The van der Waals surface area contributed by atoms with Gasteiger partial charge in [-0.1, -0.05) is 54.6 Å². The van der Waals surface area contributed by atoms with E-state index in [0.29, 0.717) is 31.7 Å². The molecule has 1 atom stereocenters. The molecule has 6 rings (SSSR count). The maximum Gasteiger partial charge on any atom is 0.227 e. The molecule has 0 aliphatic carbocycles. The number of piperidine rings is 1. The van der Waals surface area contributed by atoms with E-state index in [1.807, 2.05) is 23.0 Å². The molecule has 0 amide bonds. The fourth-order valence-corrected chi connectivity index (χ4v) is 5.89. The summed E-state index contributed by atoms with van der Waals surface area (Å²) < 4.78 is 8.25. The predicted octanol–water partition coefficient (Wildman–Crippen LogP) is 5.19. The molecule has 200 valence electrons. The Morgan fingerprint density at radius 3 is 2.59 bits per heavy atom. The minimum absolute atomic E-state index is 0.145. The Morgan fingerprint density at radius 1 is 1.03 bits per heavy atom. The third-order valence-electron chi connectivity index (χ3n) is 7.87. The van der Waals surface area contributed by atoms with Crippen molar-refractivity contribution in [3.05, 3.63) is 96.9 Å². The summed E-state index contributed by atoms with van der Waals surface area (Å²) in [5.41, 5.74) is 5.46. The molecule has 8 heteroatoms. The number of anilines is 2. The number of hydrogen-bond acceptors (Lipinski definition) is 7. The first-order valence-corrected chi connectivity index (χ1v) is 13.6. The summed E-state index contributed by atoms with van der Waals surface area (Å²) in [4.78, 5) is 19.2. The minimum atomic E-state index is 0.145. The smallest absolute Gasteiger partial charge is 0.227 e. The Labute approximate surface area is 229 Å². The van der Waals surface area contributed by atoms with Crippen LogP contribution in [-0.2, 0) is 13.2 Å². The molecule has 1 saturated heterocycles. The fraction of sp³-hybridized carbons (Fsp3) is 0.323. The van der Waals surface area contributed by atoms with Gasteiger partial charge in [0.05, 0.1) is 12.4 Å². The monoisotopic (exact) mass is 521 g/mol. The lowest BCUT2D eigenvalue weighted by Gasteiger charge is -2.41. The summed E-state index contributed by atoms with van der Waals surface area (Å²) in [5, 5.41) is 3.27. The van der Waals surface area contributed by atoms with Crippen molar-refractivity contribution in [2.75, 3.05) is 36.9 Å². The van der Waals surface area contributed by atoms with E-state index in [1.54, 1.807) is 0 Å². The number of nitrogens with one attached hydrogen (secondary N) is 1. The molecule has 2 aromatic carbocycles. The van der Waals surface area contributed by atoms with Crippen molar-refractivity contribution < 1.29 is 4.74 Å². The number of nitrogens with zero attached hydrogens (tertiary/aromatic N) is 6. The van der Waals surface area contributed by atoms with Gasteiger partial charge in [0.15, 0.2) is 17.0 Å². The van der Waals surface area contributed by atoms with Gasteiger partial charge in [0.1, 0.15) is 12.4 Å². The fourth-order valence-electron chi connectivity index (χ4n) is 5.89. The zero-order chi connectivity index (χ0) is 26.8. The van der Waals surface area contributed by atoms with E-state index in [-0.39, 0.29) is 6.04 Å². The van der Waals surface area contributed by atoms with Crippen LogP contribution >= 0.6 is 0 Å². The summed E-state index contributed by atoms with van der Waals surface area (Å²) in [6, 6.07) is 17.7. The molecular weight excluding hydrogens is 486 g/mol. The average Bonchev–Trinajstić information content (AvgIpc) is 3.30. The summed E-state index contributed by atoms with van der Waals surface area (Å²) in [7, 11) is 2.26. The Balaban J connectivity index is 1.27. The van der Waals surface area contributed by atoms with Crippen LogP contribution < -0.4 is 15.0 Å². The quantitative estimate of drug-likeness (QED) is 0.320. The SMILES string of the molecule is C=CCNc1nc(N2CCC(N(C)C3c4ccccc4COc4ccccc43)CC2)c2ncn(CC=C)c2n1. The number of benzene rings is 2. The molecule has 0 radical (unpaired) electrons. The molecule has 2 aliphatic heterocycles. The van der Waals surface area contributed by atoms with Gasteiger partial charge in [0.25, 0.3) is 0 Å². The van der Waals surface area contributed by atoms with Crippen LogP contribution in [0.4, 0.5) is 11.8 Å². The van der Waals surface area contributed by atoms with Gasteiger partial charge < -0.3 is 19.5 Å². The Morgan fingerprint density at radius 2 is 1.79 bits per heavy atom. The highest BCUT2D eigenvalue weighted by Crippen LogP contribution is 2.41. The van der Waals surface area contributed by atoms with Crippen LogP contribution in [0.2, 0.25) is 0 Å². The second-order valence-corrected chi connectivity index (χ2v) is 10.2. The van der Waals surface area contributed by atoms with Crippen molar-refractivity contribution in [2.45, 2.75) is 38.1 Å². The van der Waals surface area contributed by atoms with Gasteiger partial charge in [0, 0.05) is 37.8 Å². The molecule has 1 unspecified atom stereocenters. The van der Waals surface area contributed by atoms with Crippen molar-refractivity contribution in [3.8, 4) is 5.75 Å². The van der Waals surface area contributed by atoms with E-state index in [4.69, 9.17) is 19.7 Å². The first-order valence-electron chi connectivity index (χ1n) is 13.6. The second kappa shape index (κ2) is 10.9. The minimum Gasteiger partial charge on any atom is -0.489 e. The van der Waals surface area contributed by atoms with Crippen LogP contribution in [0.5, 0.6) is 5.75 Å². The second-order valence-electron chi connectivity index (χ2n) is 10.2. The molecule has 0 saturated carbocycles. The van der Waals surface area contributed by atoms with E-state index in [0.717, 1.165) is 48.7 Å². The Hall–Kier alpha value is -4.17. The van der Waals surface area contributed by atoms with Gasteiger partial charge in [-0.25, -0.2) is 4.98 Å². The van der Waals surface area contributed by atoms with Gasteiger partial charge in [-0.3, -0.25) is 4.90 Å². The highest BCUT2D eigenvalue weighted by atomic mass is 16.5. The summed E-state index contributed by atoms with van der Waals surface area (Å²) >= 11 is 0. The number of imidazole rings is 1. The largest absolute Gasteiger partial charge is 0.489 e. The predicted molar refractivity (Wildman–Crippen MR) is 156 cm³/mol. The van der Waals surface area contributed by atoms with Gasteiger partial charge in [-0.2, -0.15) is 9.97 Å². The molecule has 4 aromatic rings. The van der Waals surface area contributed by atoms with E-state index >= 15 is 0 Å². The molecule has 0 bridgehead atoms. The first-order chi connectivity index (χ1) is 19.2. The molecule has 4 heterocycles. The van der Waals surface area contributed by atoms with Crippen molar-refractivity contribution >= 4 is 22.9 Å². The van der Waals surface area contributed by atoms with Crippen LogP contribution in [0, 0.1) is 0 Å². The summed E-state index contributed by atoms with van der Waals surface area (Å²) in [5.74, 6) is 2.45. The number of hydrogen-bond donors (Lipinski definition) is 1. The molecule has 2 aliphatic rings. The molecule has 1 fully saturated rings. The van der Waals surface area contributed by atoms with Crippen molar-refractivity contribution in [2.24, 2.45) is 0 Å². The molecule has 0 spiro atoms. The standard InChI is InChI=1S/C31H35N7O/c1-4-16-32-31-34-29(27-30(35-31)38(17-5-2)21-33-27)37-18-14-23(15-19-37)36(3)28-24-11-7-6-10-22(24)20-39-26-13-9-8-12-25(26)28/h4-13,21,23,28H,1-2,14-20H2,3H3,(H,32,34,35). The van der Waals surface area contributed by atoms with Gasteiger partial charge in [-0.15, -0.1) is 13.2 Å². The summed E-state index contributed by atoms with van der Waals surface area (Å²) in [6.07, 6.45) is 7.53. The van der Waals surface area contributed by atoms with Crippen LogP contribution in [0.25, 0.3) is 11.2 Å². The maximum absolute atomic E-state index is 6.24. The Kier molecular flexibility index (Phi) is 7.02. The van der Waals surface area contributed by atoms with E-state index < -0.39 is 0 Å². The molecular formula is C31H35N7O. The highest BCUT2D eigenvalue weighted by Gasteiger charge is 2.34. The topological polar surface area (TPSA) is 71.3 Å². The number of rotatable bonds is 8. The lowest BCUT2D eigenvalue weighted by Crippen LogP contribution is -2.45. The molecule has 1 N–H and O–H groups in total. The highest BCUT2D eigenvalue weighted by molar-refractivity contribution is 5.85. The molecule has 2 aromatic heterocycles. The van der Waals surface area contributed by atoms with E-state index in [1.165, 1.54) is 16.7 Å². The van der Waals surface area contributed by atoms with Gasteiger partial charge in [0.2, 0.25) is 5.95 Å². The number of allylic oxidation sites excluding steroid dienone is 1. The Bertz CT molecular complexity index is 1440. The van der Waals surface area contributed by atoms with Crippen molar-refractivity contribution in [3.63, 3.8) is 0 Å². The average molecular weight is 522 g/mol. The molecule has 39 heavy (non-hydrogen) atoms. The zero-order valence-electron chi connectivity index (χ0n) is 22.5. The number of aromatic nitrogens is 4. The number of ether oxygens (including phenoxy) is 1. The van der Waals surface area contributed by atoms with Crippen LogP contribution in [0.15, 0.2) is 80.2 Å². The normalized spacial score (nSPS) is 17.3. The first kappa shape index (κ1) is 25.1. The lowest BCUT2D eigenvalue weighted by molar-refractivity contribution is 0.169. The number of fused-ring (bicyclic) bond motifs is 3. The van der Waals surface area contributed by atoms with Crippen LogP contribution in [0.3, 0.4) is 0 Å². The van der Waals surface area contributed by atoms with E-state index in [9.17, 15) is 0 Å². The lowest BCUT2D eigenvalue weighted by atomic mass is 9.91. The zero-order valence-corrected chi connectivity index (χ0v) is 22.5.